The predicted octanol–water partition coefficient (Wildman–Crippen LogP) is 1.17. The fourth-order valence-electron chi connectivity index (χ4n) is 2.82. The van der Waals surface area contributed by atoms with E-state index >= 15 is 0 Å². The van der Waals surface area contributed by atoms with Gasteiger partial charge in [0.2, 0.25) is 0 Å². The molecule has 0 aromatic carbocycles. The molecule has 3 rings (SSSR count). The molecule has 0 bridgehead atoms. The van der Waals surface area contributed by atoms with Crippen LogP contribution < -0.4 is 11.0 Å². The zero-order valence-electron chi connectivity index (χ0n) is 13.2. The molecule has 23 heavy (non-hydrogen) atoms. The van der Waals surface area contributed by atoms with Gasteiger partial charge < -0.3 is 9.73 Å². The Balaban J connectivity index is 1.63. The maximum absolute atomic E-state index is 12.3. The van der Waals surface area contributed by atoms with Crippen LogP contribution in [0.4, 0.5) is 0 Å². The van der Waals surface area contributed by atoms with Gasteiger partial charge in [0.05, 0.1) is 5.75 Å². The summed E-state index contributed by atoms with van der Waals surface area (Å²) in [7, 11) is 1.66. The van der Waals surface area contributed by atoms with Crippen molar-refractivity contribution < 1.29 is 9.21 Å². The highest BCUT2D eigenvalue weighted by molar-refractivity contribution is 7.97. The van der Waals surface area contributed by atoms with Gasteiger partial charge in [-0.2, -0.15) is 16.9 Å². The largest absolute Gasteiger partial charge is 0.455 e. The number of hydrogen-bond donors (Lipinski definition) is 1. The van der Waals surface area contributed by atoms with Gasteiger partial charge in [-0.1, -0.05) is 0 Å². The van der Waals surface area contributed by atoms with Gasteiger partial charge in [-0.05, 0) is 31.2 Å². The highest BCUT2D eigenvalue weighted by Gasteiger charge is 2.22. The van der Waals surface area contributed by atoms with Crippen LogP contribution in [0.5, 0.6) is 0 Å². The molecular weight excluding hydrogens is 316 g/mol. The average molecular weight is 336 g/mol. The molecule has 1 atom stereocenters. The summed E-state index contributed by atoms with van der Waals surface area (Å²) in [6.07, 6.45) is 4.14. The molecule has 124 valence electrons. The van der Waals surface area contributed by atoms with E-state index in [4.69, 9.17) is 4.42 Å². The first-order chi connectivity index (χ1) is 11.1. The van der Waals surface area contributed by atoms with Crippen LogP contribution in [0.1, 0.15) is 35.0 Å². The van der Waals surface area contributed by atoms with E-state index in [0.29, 0.717) is 25.1 Å². The summed E-state index contributed by atoms with van der Waals surface area (Å²) < 4.78 is 8.59. The van der Waals surface area contributed by atoms with Crippen molar-refractivity contribution in [3.63, 3.8) is 0 Å². The van der Waals surface area contributed by atoms with E-state index in [1.165, 1.54) is 4.68 Å². The fourth-order valence-corrected chi connectivity index (χ4v) is 3.26. The van der Waals surface area contributed by atoms with Crippen LogP contribution >= 0.6 is 11.8 Å². The first-order valence-electron chi connectivity index (χ1n) is 7.59. The SMILES string of the molecule is CSCc1ccc(C(=O)NC2CCc3nn(C)c(=O)n3CC2)o1. The Morgan fingerprint density at radius 2 is 2.30 bits per heavy atom. The molecule has 1 amide bonds. The summed E-state index contributed by atoms with van der Waals surface area (Å²) in [4.78, 5) is 24.2. The Morgan fingerprint density at radius 3 is 3.09 bits per heavy atom. The quantitative estimate of drug-likeness (QED) is 0.906. The van der Waals surface area contributed by atoms with Crippen molar-refractivity contribution in [2.45, 2.75) is 37.6 Å². The van der Waals surface area contributed by atoms with E-state index in [1.54, 1.807) is 29.4 Å². The number of hydrogen-bond acceptors (Lipinski definition) is 5. The van der Waals surface area contributed by atoms with Gasteiger partial charge in [0.15, 0.2) is 5.76 Å². The van der Waals surface area contributed by atoms with Crippen LogP contribution in [0.2, 0.25) is 0 Å². The Labute approximate surface area is 138 Å². The molecule has 0 aliphatic carbocycles. The Kier molecular flexibility index (Phi) is 4.61. The van der Waals surface area contributed by atoms with Gasteiger partial charge >= 0.3 is 5.69 Å². The second-order valence-electron chi connectivity index (χ2n) is 5.67. The smallest absolute Gasteiger partial charge is 0.345 e. The van der Waals surface area contributed by atoms with Crippen molar-refractivity contribution in [3.05, 3.63) is 40.0 Å². The maximum atomic E-state index is 12.3. The fraction of sp³-hybridized carbons (Fsp3) is 0.533. The second-order valence-corrected chi connectivity index (χ2v) is 6.54. The number of furan rings is 1. The van der Waals surface area contributed by atoms with E-state index in [1.807, 2.05) is 12.3 Å². The molecule has 0 saturated carbocycles. The monoisotopic (exact) mass is 336 g/mol. The average Bonchev–Trinajstić information content (AvgIpc) is 3.03. The summed E-state index contributed by atoms with van der Waals surface area (Å²) in [6, 6.07) is 3.55. The van der Waals surface area contributed by atoms with Crippen molar-refractivity contribution in [1.29, 1.82) is 0 Å². The minimum absolute atomic E-state index is 0.0167. The number of amides is 1. The summed E-state index contributed by atoms with van der Waals surface area (Å²) in [5, 5.41) is 7.24. The molecule has 2 aromatic heterocycles. The van der Waals surface area contributed by atoms with E-state index < -0.39 is 0 Å². The summed E-state index contributed by atoms with van der Waals surface area (Å²) in [5.74, 6) is 2.48. The number of aryl methyl sites for hydroxylation is 2. The van der Waals surface area contributed by atoms with Crippen LogP contribution in [0.15, 0.2) is 21.3 Å². The topological polar surface area (TPSA) is 82.1 Å². The van der Waals surface area contributed by atoms with Crippen LogP contribution in [-0.2, 0) is 25.8 Å². The molecule has 1 aliphatic heterocycles. The lowest BCUT2D eigenvalue weighted by molar-refractivity contribution is 0.0903. The summed E-state index contributed by atoms with van der Waals surface area (Å²) in [6.45, 7) is 0.572. The summed E-state index contributed by atoms with van der Waals surface area (Å²) in [5.41, 5.74) is -0.0975. The highest BCUT2D eigenvalue weighted by atomic mass is 32.2. The van der Waals surface area contributed by atoms with Crippen LogP contribution in [0.25, 0.3) is 0 Å². The molecule has 3 heterocycles. The minimum Gasteiger partial charge on any atom is -0.455 e. The molecule has 0 spiro atoms. The first kappa shape index (κ1) is 15.9. The number of nitrogens with zero attached hydrogens (tertiary/aromatic N) is 3. The van der Waals surface area contributed by atoms with Gasteiger partial charge in [-0.3, -0.25) is 9.36 Å². The Morgan fingerprint density at radius 1 is 1.48 bits per heavy atom. The van der Waals surface area contributed by atoms with Crippen molar-refractivity contribution >= 4 is 17.7 Å². The van der Waals surface area contributed by atoms with Crippen LogP contribution in [-0.4, -0.2) is 32.6 Å². The highest BCUT2D eigenvalue weighted by Crippen LogP contribution is 2.15. The Bertz CT molecular complexity index is 761. The number of thioether (sulfide) groups is 1. The van der Waals surface area contributed by atoms with E-state index in [-0.39, 0.29) is 17.6 Å². The molecule has 0 radical (unpaired) electrons. The first-order valence-corrected chi connectivity index (χ1v) is 8.99. The molecule has 0 saturated heterocycles. The lowest BCUT2D eigenvalue weighted by atomic mass is 10.1. The van der Waals surface area contributed by atoms with Gasteiger partial charge in [-0.15, -0.1) is 0 Å². The van der Waals surface area contributed by atoms with Crippen molar-refractivity contribution in [1.82, 2.24) is 19.7 Å². The molecule has 7 nitrogen and oxygen atoms in total. The lowest BCUT2D eigenvalue weighted by Crippen LogP contribution is -2.35. The molecule has 1 N–H and O–H groups in total. The molecule has 8 heteroatoms. The van der Waals surface area contributed by atoms with Gasteiger partial charge in [0, 0.05) is 26.1 Å². The third-order valence-electron chi connectivity index (χ3n) is 4.01. The lowest BCUT2D eigenvalue weighted by Gasteiger charge is -2.14. The number of nitrogens with one attached hydrogen (secondary N) is 1. The zero-order valence-corrected chi connectivity index (χ0v) is 14.1. The molecule has 0 fully saturated rings. The Hall–Kier alpha value is -1.96. The van der Waals surface area contributed by atoms with Gasteiger partial charge in [-0.25, -0.2) is 9.48 Å². The van der Waals surface area contributed by atoms with Gasteiger partial charge in [0.25, 0.3) is 5.91 Å². The number of aromatic nitrogens is 3. The van der Waals surface area contributed by atoms with Gasteiger partial charge in [0.1, 0.15) is 11.6 Å². The zero-order chi connectivity index (χ0) is 16.4. The summed E-state index contributed by atoms with van der Waals surface area (Å²) >= 11 is 1.65. The third-order valence-corrected chi connectivity index (χ3v) is 4.58. The van der Waals surface area contributed by atoms with E-state index in [0.717, 1.165) is 23.8 Å². The molecule has 1 aliphatic rings. The number of fused-ring (bicyclic) bond motifs is 1. The third kappa shape index (κ3) is 3.36. The van der Waals surface area contributed by atoms with Crippen LogP contribution in [0, 0.1) is 0 Å². The van der Waals surface area contributed by atoms with Crippen molar-refractivity contribution in [2.24, 2.45) is 7.05 Å². The van der Waals surface area contributed by atoms with E-state index in [9.17, 15) is 9.59 Å². The number of carbonyl (C=O) groups excluding carboxylic acids is 1. The van der Waals surface area contributed by atoms with Crippen LogP contribution in [0.3, 0.4) is 0 Å². The molecular formula is C15H20N4O3S. The normalized spacial score (nSPS) is 17.6. The van der Waals surface area contributed by atoms with Crippen molar-refractivity contribution in [2.75, 3.05) is 6.26 Å². The number of carbonyl (C=O) groups is 1. The molecule has 1 unspecified atom stereocenters. The minimum atomic E-state index is -0.199. The number of rotatable bonds is 4. The van der Waals surface area contributed by atoms with Crippen molar-refractivity contribution in [3.8, 4) is 0 Å². The molecule has 2 aromatic rings. The van der Waals surface area contributed by atoms with E-state index in [2.05, 4.69) is 10.4 Å². The standard InChI is InChI=1S/C15H20N4O3S/c1-18-15(21)19-8-7-10(3-6-13(19)17-18)16-14(20)12-5-4-11(22-12)9-23-2/h4-5,10H,3,6-9H2,1-2H3,(H,16,20). The maximum Gasteiger partial charge on any atom is 0.345 e. The second kappa shape index (κ2) is 6.66. The predicted molar refractivity (Wildman–Crippen MR) is 87.6 cm³/mol.